The molecule has 0 unspecified atom stereocenters. The maximum Gasteiger partial charge on any atom is 0.410 e. The number of carbonyl (C=O) groups excluding carboxylic acids is 1. The predicted molar refractivity (Wildman–Crippen MR) is 96.2 cm³/mol. The van der Waals surface area contributed by atoms with E-state index in [1.165, 1.54) is 0 Å². The summed E-state index contributed by atoms with van der Waals surface area (Å²) in [6.07, 6.45) is -0.240. The van der Waals surface area contributed by atoms with E-state index in [1.54, 1.807) is 23.3 Å². The monoisotopic (exact) mass is 349 g/mol. The normalized spacial score (nSPS) is 15.7. The number of nitrogens with zero attached hydrogens (tertiary/aromatic N) is 3. The van der Waals surface area contributed by atoms with Gasteiger partial charge in [0.1, 0.15) is 11.4 Å². The van der Waals surface area contributed by atoms with E-state index in [0.29, 0.717) is 13.1 Å². The van der Waals surface area contributed by atoms with E-state index in [-0.39, 0.29) is 6.09 Å². The molecular weight excluding hydrogens is 326 g/mol. The fourth-order valence-corrected chi connectivity index (χ4v) is 3.61. The van der Waals surface area contributed by atoms with Crippen molar-refractivity contribution in [3.63, 3.8) is 0 Å². The molecule has 1 fully saturated rings. The molecule has 0 atom stereocenters. The topological polar surface area (TPSA) is 54.9 Å². The maximum absolute atomic E-state index is 12.1. The number of aromatic nitrogens is 1. The second-order valence-corrected chi connectivity index (χ2v) is 7.79. The van der Waals surface area contributed by atoms with Crippen molar-refractivity contribution < 1.29 is 14.3 Å². The Bertz CT molecular complexity index is 730. The van der Waals surface area contributed by atoms with Crippen molar-refractivity contribution in [1.82, 2.24) is 9.88 Å². The Hall–Kier alpha value is -2.02. The Labute approximate surface area is 146 Å². The molecule has 1 aliphatic heterocycles. The van der Waals surface area contributed by atoms with Gasteiger partial charge >= 0.3 is 6.09 Å². The van der Waals surface area contributed by atoms with E-state index in [2.05, 4.69) is 4.90 Å². The molecule has 0 aliphatic carbocycles. The lowest BCUT2D eigenvalue weighted by Gasteiger charge is -2.35. The van der Waals surface area contributed by atoms with Crippen molar-refractivity contribution in [3.05, 3.63) is 18.2 Å². The molecule has 1 saturated heterocycles. The summed E-state index contributed by atoms with van der Waals surface area (Å²) in [6, 6.07) is 5.91. The van der Waals surface area contributed by atoms with E-state index >= 15 is 0 Å². The molecule has 130 valence electrons. The first-order chi connectivity index (χ1) is 11.4. The number of amides is 1. The van der Waals surface area contributed by atoms with E-state index in [4.69, 9.17) is 14.5 Å². The minimum Gasteiger partial charge on any atom is -0.497 e. The summed E-state index contributed by atoms with van der Waals surface area (Å²) >= 11 is 1.65. The summed E-state index contributed by atoms with van der Waals surface area (Å²) < 4.78 is 11.8. The fourth-order valence-electron chi connectivity index (χ4n) is 2.56. The van der Waals surface area contributed by atoms with Crippen LogP contribution >= 0.6 is 11.3 Å². The zero-order chi connectivity index (χ0) is 17.3. The van der Waals surface area contributed by atoms with Gasteiger partial charge in [0.25, 0.3) is 0 Å². The molecule has 1 aromatic carbocycles. The molecule has 24 heavy (non-hydrogen) atoms. The summed E-state index contributed by atoms with van der Waals surface area (Å²) in [5.74, 6) is 0.840. The van der Waals surface area contributed by atoms with Gasteiger partial charge in [0, 0.05) is 26.2 Å². The van der Waals surface area contributed by atoms with Crippen LogP contribution in [0.3, 0.4) is 0 Å². The van der Waals surface area contributed by atoms with Gasteiger partial charge in [0.2, 0.25) is 0 Å². The molecule has 0 spiro atoms. The first-order valence-corrected chi connectivity index (χ1v) is 8.85. The van der Waals surface area contributed by atoms with Gasteiger partial charge < -0.3 is 19.3 Å². The second kappa shape index (κ2) is 6.47. The van der Waals surface area contributed by atoms with Crippen LogP contribution in [0.25, 0.3) is 10.2 Å². The van der Waals surface area contributed by atoms with Gasteiger partial charge in [0.05, 0.1) is 17.3 Å². The number of ether oxygens (including phenoxy) is 2. The Kier molecular flexibility index (Phi) is 4.54. The summed E-state index contributed by atoms with van der Waals surface area (Å²) in [4.78, 5) is 20.8. The van der Waals surface area contributed by atoms with Crippen LogP contribution in [0.15, 0.2) is 18.2 Å². The second-order valence-electron chi connectivity index (χ2n) is 6.78. The summed E-state index contributed by atoms with van der Waals surface area (Å²) in [7, 11) is 1.67. The average Bonchev–Trinajstić information content (AvgIpc) is 2.96. The molecule has 6 nitrogen and oxygen atoms in total. The molecule has 3 rings (SSSR count). The van der Waals surface area contributed by atoms with Crippen molar-refractivity contribution in [2.75, 3.05) is 38.2 Å². The van der Waals surface area contributed by atoms with Gasteiger partial charge in [0.15, 0.2) is 5.13 Å². The SMILES string of the molecule is COc1ccc2nc(N3CCN(C(=O)OC(C)(C)C)CC3)sc2c1. The molecule has 1 aliphatic rings. The van der Waals surface area contributed by atoms with Gasteiger partial charge in [-0.1, -0.05) is 11.3 Å². The first-order valence-electron chi connectivity index (χ1n) is 8.03. The number of carbonyl (C=O) groups is 1. The van der Waals surface area contributed by atoms with Gasteiger partial charge in [-0.3, -0.25) is 0 Å². The lowest BCUT2D eigenvalue weighted by Crippen LogP contribution is -2.50. The number of thiazole rings is 1. The zero-order valence-corrected chi connectivity index (χ0v) is 15.4. The highest BCUT2D eigenvalue weighted by atomic mass is 32.1. The van der Waals surface area contributed by atoms with Crippen molar-refractivity contribution in [3.8, 4) is 5.75 Å². The molecule has 2 heterocycles. The molecule has 7 heteroatoms. The molecule has 0 bridgehead atoms. The van der Waals surface area contributed by atoms with Gasteiger partial charge in [-0.2, -0.15) is 0 Å². The molecule has 0 radical (unpaired) electrons. The van der Waals surface area contributed by atoms with Crippen molar-refractivity contribution in [2.24, 2.45) is 0 Å². The molecule has 0 N–H and O–H groups in total. The van der Waals surface area contributed by atoms with E-state index in [0.717, 1.165) is 34.2 Å². The Morgan fingerprint density at radius 2 is 1.92 bits per heavy atom. The first kappa shape index (κ1) is 16.8. The fraction of sp³-hybridized carbons (Fsp3) is 0.529. The standard InChI is InChI=1S/C17H23N3O3S/c1-17(2,3)23-16(21)20-9-7-19(8-10-20)15-18-13-6-5-12(22-4)11-14(13)24-15/h5-6,11H,7-10H2,1-4H3. The highest BCUT2D eigenvalue weighted by Crippen LogP contribution is 2.31. The highest BCUT2D eigenvalue weighted by Gasteiger charge is 2.26. The number of methoxy groups -OCH3 is 1. The number of benzene rings is 1. The van der Waals surface area contributed by atoms with Gasteiger partial charge in [-0.25, -0.2) is 9.78 Å². The van der Waals surface area contributed by atoms with E-state index in [1.807, 2.05) is 39.0 Å². The Morgan fingerprint density at radius 3 is 2.54 bits per heavy atom. The van der Waals surface area contributed by atoms with Crippen LogP contribution in [0, 0.1) is 0 Å². The average molecular weight is 349 g/mol. The molecule has 1 aromatic heterocycles. The van der Waals surface area contributed by atoms with Crippen LogP contribution in [-0.4, -0.2) is 54.9 Å². The summed E-state index contributed by atoms with van der Waals surface area (Å²) in [5, 5.41) is 0.988. The van der Waals surface area contributed by atoms with E-state index in [9.17, 15) is 4.79 Å². The quantitative estimate of drug-likeness (QED) is 0.832. The van der Waals surface area contributed by atoms with Crippen LogP contribution < -0.4 is 9.64 Å². The minimum atomic E-state index is -0.458. The van der Waals surface area contributed by atoms with Crippen LogP contribution in [0.1, 0.15) is 20.8 Å². The van der Waals surface area contributed by atoms with Crippen LogP contribution in [0.4, 0.5) is 9.93 Å². The molecule has 2 aromatic rings. The van der Waals surface area contributed by atoms with Crippen LogP contribution in [0.2, 0.25) is 0 Å². The third kappa shape index (κ3) is 3.72. The number of hydrogen-bond donors (Lipinski definition) is 0. The Balaban J connectivity index is 1.65. The Morgan fingerprint density at radius 1 is 1.21 bits per heavy atom. The molecule has 0 saturated carbocycles. The number of piperazine rings is 1. The van der Waals surface area contributed by atoms with Gasteiger partial charge in [-0.05, 0) is 39.0 Å². The van der Waals surface area contributed by atoms with E-state index < -0.39 is 5.60 Å². The highest BCUT2D eigenvalue weighted by molar-refractivity contribution is 7.22. The third-order valence-electron chi connectivity index (χ3n) is 3.79. The molecule has 1 amide bonds. The zero-order valence-electron chi connectivity index (χ0n) is 14.5. The summed E-state index contributed by atoms with van der Waals surface area (Å²) in [5.41, 5.74) is 0.519. The smallest absolute Gasteiger partial charge is 0.410 e. The third-order valence-corrected chi connectivity index (χ3v) is 4.87. The van der Waals surface area contributed by atoms with Crippen molar-refractivity contribution >= 4 is 32.8 Å². The van der Waals surface area contributed by atoms with Crippen LogP contribution in [-0.2, 0) is 4.74 Å². The number of rotatable bonds is 2. The molecular formula is C17H23N3O3S. The van der Waals surface area contributed by atoms with Crippen LogP contribution in [0.5, 0.6) is 5.75 Å². The number of hydrogen-bond acceptors (Lipinski definition) is 6. The minimum absolute atomic E-state index is 0.240. The van der Waals surface area contributed by atoms with Crippen molar-refractivity contribution in [2.45, 2.75) is 26.4 Å². The maximum atomic E-state index is 12.1. The number of fused-ring (bicyclic) bond motifs is 1. The predicted octanol–water partition coefficient (Wildman–Crippen LogP) is 3.36. The number of anilines is 1. The van der Waals surface area contributed by atoms with Crippen molar-refractivity contribution in [1.29, 1.82) is 0 Å². The largest absolute Gasteiger partial charge is 0.497 e. The van der Waals surface area contributed by atoms with Gasteiger partial charge in [-0.15, -0.1) is 0 Å². The lowest BCUT2D eigenvalue weighted by molar-refractivity contribution is 0.0240. The lowest BCUT2D eigenvalue weighted by atomic mass is 10.2. The summed E-state index contributed by atoms with van der Waals surface area (Å²) in [6.45, 7) is 8.47.